The van der Waals surface area contributed by atoms with Crippen molar-refractivity contribution in [3.05, 3.63) is 12.7 Å². The average Bonchev–Trinajstić information content (AvgIpc) is 2.62. The zero-order valence-corrected chi connectivity index (χ0v) is 17.0. The first-order chi connectivity index (χ1) is 14.0. The van der Waals surface area contributed by atoms with E-state index in [-0.39, 0.29) is 6.61 Å². The summed E-state index contributed by atoms with van der Waals surface area (Å²) in [5, 5.41) is 0. The van der Waals surface area contributed by atoms with Crippen molar-refractivity contribution >= 4 is 30.0 Å². The van der Waals surface area contributed by atoms with Crippen LogP contribution in [0.2, 0.25) is 0 Å². The van der Waals surface area contributed by atoms with Crippen LogP contribution in [0.3, 0.4) is 0 Å². The third-order valence-electron chi connectivity index (χ3n) is 3.48. The quantitative estimate of drug-likeness (QED) is 0.297. The molecule has 0 N–H and O–H groups in total. The van der Waals surface area contributed by atoms with Crippen molar-refractivity contribution in [2.75, 3.05) is 13.2 Å². The molecule has 12 heteroatoms. The van der Waals surface area contributed by atoms with Crippen molar-refractivity contribution in [3.63, 3.8) is 0 Å². The van der Waals surface area contributed by atoms with Gasteiger partial charge in [-0.15, -0.1) is 0 Å². The van der Waals surface area contributed by atoms with Gasteiger partial charge in [0.2, 0.25) is 12.4 Å². The number of rotatable bonds is 8. The van der Waals surface area contributed by atoms with E-state index in [1.54, 1.807) is 0 Å². The van der Waals surface area contributed by atoms with E-state index in [2.05, 4.69) is 6.58 Å². The number of esters is 4. The van der Waals surface area contributed by atoms with Gasteiger partial charge in [-0.1, -0.05) is 12.7 Å². The van der Waals surface area contributed by atoms with E-state index < -0.39 is 67.3 Å². The number of ether oxygens (including phenoxy) is 7. The van der Waals surface area contributed by atoms with Crippen molar-refractivity contribution in [2.45, 2.75) is 58.4 Å². The van der Waals surface area contributed by atoms with Crippen molar-refractivity contribution < 1.29 is 57.1 Å². The summed E-state index contributed by atoms with van der Waals surface area (Å²) in [6.45, 7) is 7.09. The Morgan fingerprint density at radius 2 is 1.33 bits per heavy atom. The average molecular weight is 432 g/mol. The first-order valence-electron chi connectivity index (χ1n) is 8.80. The lowest BCUT2D eigenvalue weighted by Gasteiger charge is -2.43. The van der Waals surface area contributed by atoms with Gasteiger partial charge in [0.15, 0.2) is 12.2 Å². The zero-order valence-electron chi connectivity index (χ0n) is 17.0. The number of hydrogen-bond donors (Lipinski definition) is 0. The summed E-state index contributed by atoms with van der Waals surface area (Å²) in [5.41, 5.74) is 0. The number of carbonyl (C=O) groups excluding carboxylic acids is 5. The third-order valence-corrected chi connectivity index (χ3v) is 3.48. The summed E-state index contributed by atoms with van der Waals surface area (Å²) in [6.07, 6.45) is -7.14. The van der Waals surface area contributed by atoms with E-state index >= 15 is 0 Å². The number of carbonyl (C=O) groups is 5. The van der Waals surface area contributed by atoms with Gasteiger partial charge in [0.05, 0.1) is 0 Å². The Hall–Kier alpha value is -3.15. The highest BCUT2D eigenvalue weighted by Crippen LogP contribution is 2.30. The summed E-state index contributed by atoms with van der Waals surface area (Å²) in [5.74, 6) is -3.10. The Labute approximate surface area is 172 Å². The van der Waals surface area contributed by atoms with Gasteiger partial charge in [0.1, 0.15) is 19.3 Å². The highest BCUT2D eigenvalue weighted by Gasteiger charge is 2.54. The molecule has 12 nitrogen and oxygen atoms in total. The van der Waals surface area contributed by atoms with Crippen LogP contribution in [0, 0.1) is 0 Å². The fourth-order valence-electron chi connectivity index (χ4n) is 2.53. The smallest absolute Gasteiger partial charge is 0.463 e. The summed E-state index contributed by atoms with van der Waals surface area (Å²) in [6, 6.07) is 0. The molecule has 0 bridgehead atoms. The van der Waals surface area contributed by atoms with E-state index in [0.717, 1.165) is 27.7 Å². The molecule has 0 aromatic heterocycles. The molecule has 30 heavy (non-hydrogen) atoms. The minimum atomic E-state index is -1.56. The molecule has 0 amide bonds. The van der Waals surface area contributed by atoms with Crippen LogP contribution in [0.5, 0.6) is 0 Å². The molecule has 0 aromatic carbocycles. The van der Waals surface area contributed by atoms with Crippen molar-refractivity contribution in [1.82, 2.24) is 0 Å². The van der Waals surface area contributed by atoms with Crippen LogP contribution in [-0.4, -0.2) is 74.0 Å². The molecule has 1 heterocycles. The van der Waals surface area contributed by atoms with Crippen LogP contribution in [0.4, 0.5) is 4.79 Å². The lowest BCUT2D eigenvalue weighted by Crippen LogP contribution is -2.63. The highest BCUT2D eigenvalue weighted by molar-refractivity contribution is 5.68. The fourth-order valence-corrected chi connectivity index (χ4v) is 2.53. The lowest BCUT2D eigenvalue weighted by molar-refractivity contribution is -0.298. The Morgan fingerprint density at radius 3 is 1.83 bits per heavy atom. The first kappa shape index (κ1) is 24.9. The summed E-state index contributed by atoms with van der Waals surface area (Å²) >= 11 is 0. The largest absolute Gasteiger partial charge is 0.509 e. The Balaban J connectivity index is 3.32. The molecule has 0 radical (unpaired) electrons. The second-order valence-electron chi connectivity index (χ2n) is 6.04. The van der Waals surface area contributed by atoms with Gasteiger partial charge in [-0.05, 0) is 0 Å². The summed E-state index contributed by atoms with van der Waals surface area (Å²) in [7, 11) is 0. The van der Waals surface area contributed by atoms with E-state index in [1.807, 2.05) is 0 Å². The van der Waals surface area contributed by atoms with Gasteiger partial charge in [-0.3, -0.25) is 19.2 Å². The monoisotopic (exact) mass is 432 g/mol. The Morgan fingerprint density at radius 1 is 0.767 bits per heavy atom. The van der Waals surface area contributed by atoms with Crippen LogP contribution in [0.25, 0.3) is 0 Å². The zero-order chi connectivity index (χ0) is 22.8. The van der Waals surface area contributed by atoms with Gasteiger partial charge in [0, 0.05) is 27.7 Å². The minimum Gasteiger partial charge on any atom is -0.463 e. The van der Waals surface area contributed by atoms with E-state index in [1.165, 1.54) is 6.08 Å². The second kappa shape index (κ2) is 11.8. The van der Waals surface area contributed by atoms with E-state index in [9.17, 15) is 24.0 Å². The molecule has 1 saturated heterocycles. The predicted molar refractivity (Wildman–Crippen MR) is 94.6 cm³/mol. The molecule has 0 spiro atoms. The van der Waals surface area contributed by atoms with Gasteiger partial charge in [0.25, 0.3) is 0 Å². The van der Waals surface area contributed by atoms with Crippen LogP contribution in [0.1, 0.15) is 27.7 Å². The van der Waals surface area contributed by atoms with Crippen LogP contribution >= 0.6 is 0 Å². The predicted octanol–water partition coefficient (Wildman–Crippen LogP) is 0.409. The molecule has 1 rings (SSSR count). The third kappa shape index (κ3) is 8.07. The molecule has 5 atom stereocenters. The second-order valence-corrected chi connectivity index (χ2v) is 6.04. The van der Waals surface area contributed by atoms with Gasteiger partial charge in [-0.2, -0.15) is 0 Å². The topological polar surface area (TPSA) is 150 Å². The van der Waals surface area contributed by atoms with Crippen LogP contribution < -0.4 is 0 Å². The van der Waals surface area contributed by atoms with E-state index in [0.29, 0.717) is 0 Å². The SMILES string of the molecule is C=CCOC(=O)O[C@@H]1[C@@H](OC(C)=O)[C@H](OC(C)=O)O[C@H](COC(C)=O)[C@H]1OC(C)=O. The van der Waals surface area contributed by atoms with Gasteiger partial charge >= 0.3 is 30.0 Å². The van der Waals surface area contributed by atoms with Gasteiger partial charge < -0.3 is 33.2 Å². The summed E-state index contributed by atoms with van der Waals surface area (Å²) < 4.78 is 35.7. The Kier molecular flexibility index (Phi) is 9.75. The fraction of sp³-hybridized carbons (Fsp3) is 0.611. The molecule has 0 aliphatic carbocycles. The molecule has 0 unspecified atom stereocenters. The summed E-state index contributed by atoms with van der Waals surface area (Å²) in [4.78, 5) is 57.9. The minimum absolute atomic E-state index is 0.192. The molecule has 0 saturated carbocycles. The maximum absolute atomic E-state index is 12.0. The maximum atomic E-state index is 12.0. The van der Waals surface area contributed by atoms with Crippen molar-refractivity contribution in [2.24, 2.45) is 0 Å². The van der Waals surface area contributed by atoms with Crippen molar-refractivity contribution in [3.8, 4) is 0 Å². The molecule has 1 aliphatic rings. The van der Waals surface area contributed by atoms with Gasteiger partial charge in [-0.25, -0.2) is 4.79 Å². The molecular formula is C18H24O12. The molecule has 0 aromatic rings. The van der Waals surface area contributed by atoms with Crippen LogP contribution in [0.15, 0.2) is 12.7 Å². The molecular weight excluding hydrogens is 408 g/mol. The standard InChI is InChI=1S/C18H24O12/c1-6-7-24-18(23)30-15-14(26-10(3)20)13(8-25-9(2)19)29-17(28-12(5)22)16(15)27-11(4)21/h6,13-17H,1,7-8H2,2-5H3/t13-,14-,15+,16-,17-/m1/s1. The normalized spacial score (nSPS) is 25.3. The molecule has 1 aliphatic heterocycles. The number of hydrogen-bond acceptors (Lipinski definition) is 12. The maximum Gasteiger partial charge on any atom is 0.509 e. The van der Waals surface area contributed by atoms with E-state index in [4.69, 9.17) is 33.2 Å². The molecule has 1 fully saturated rings. The first-order valence-corrected chi connectivity index (χ1v) is 8.80. The van der Waals surface area contributed by atoms with Crippen LogP contribution in [-0.2, 0) is 52.3 Å². The highest BCUT2D eigenvalue weighted by atomic mass is 16.8. The molecule has 168 valence electrons. The lowest BCUT2D eigenvalue weighted by atomic mass is 9.98. The Bertz CT molecular complexity index is 672. The van der Waals surface area contributed by atoms with Crippen molar-refractivity contribution in [1.29, 1.82) is 0 Å².